The van der Waals surface area contributed by atoms with Gasteiger partial charge in [0.15, 0.2) is 0 Å². The highest BCUT2D eigenvalue weighted by Crippen LogP contribution is 2.15. The summed E-state index contributed by atoms with van der Waals surface area (Å²) in [7, 11) is 1.59. The van der Waals surface area contributed by atoms with Crippen LogP contribution in [0, 0.1) is 0 Å². The van der Waals surface area contributed by atoms with Gasteiger partial charge in [0.25, 0.3) is 0 Å². The average Bonchev–Trinajstić information content (AvgIpc) is 2.54. The van der Waals surface area contributed by atoms with Gasteiger partial charge in [-0.3, -0.25) is 9.69 Å². The number of hydrogen-bond acceptors (Lipinski definition) is 8. The average molecular weight is 331 g/mol. The summed E-state index contributed by atoms with van der Waals surface area (Å²) in [6.45, 7) is 3.12. The molecule has 5 N–H and O–H groups in total. The van der Waals surface area contributed by atoms with Crippen molar-refractivity contribution in [1.29, 1.82) is 0 Å². The van der Waals surface area contributed by atoms with Gasteiger partial charge in [-0.15, -0.1) is 0 Å². The molecular weight excluding hydrogens is 310 g/mol. The zero-order valence-electron chi connectivity index (χ0n) is 13.7. The van der Waals surface area contributed by atoms with E-state index < -0.39 is 0 Å². The van der Waals surface area contributed by atoms with Crippen LogP contribution >= 0.6 is 0 Å². The molecule has 0 atom stereocenters. The number of carbonyl (C=O) groups is 1. The third kappa shape index (κ3) is 5.06. The Balaban J connectivity index is 1.94. The van der Waals surface area contributed by atoms with Gasteiger partial charge < -0.3 is 21.5 Å². The predicted molar refractivity (Wildman–Crippen MR) is 91.2 cm³/mol. The normalized spacial score (nSPS) is 10.6. The van der Waals surface area contributed by atoms with Gasteiger partial charge in [0.05, 0.1) is 20.2 Å². The van der Waals surface area contributed by atoms with E-state index in [9.17, 15) is 4.79 Å². The van der Waals surface area contributed by atoms with Gasteiger partial charge in [-0.05, 0) is 30.8 Å². The van der Waals surface area contributed by atoms with Crippen molar-refractivity contribution in [2.75, 3.05) is 37.0 Å². The Kier molecular flexibility index (Phi) is 5.85. The number of nitrogen functional groups attached to an aromatic ring is 2. The number of rotatable bonds is 7. The standard InChI is InChI=1S/C15H21N7O2/c1-3-22(8-12-19-14(16)21-15(17)20-12)9-13(23)18-10-4-6-11(24-2)7-5-10/h4-7H,3,8-9H2,1-2H3,(H,18,23)(H4,16,17,19,20,21). The number of anilines is 3. The largest absolute Gasteiger partial charge is 0.497 e. The van der Waals surface area contributed by atoms with Crippen LogP contribution in [0.3, 0.4) is 0 Å². The summed E-state index contributed by atoms with van der Waals surface area (Å²) < 4.78 is 5.08. The van der Waals surface area contributed by atoms with Crippen LogP contribution in [0.5, 0.6) is 5.75 Å². The minimum absolute atomic E-state index is 0.0660. The molecular formula is C15H21N7O2. The number of hydrogen-bond donors (Lipinski definition) is 3. The first-order chi connectivity index (χ1) is 11.5. The fraction of sp³-hybridized carbons (Fsp3) is 0.333. The molecule has 2 rings (SSSR count). The van der Waals surface area contributed by atoms with E-state index >= 15 is 0 Å². The molecule has 0 fully saturated rings. The van der Waals surface area contributed by atoms with E-state index in [4.69, 9.17) is 16.2 Å². The number of amides is 1. The van der Waals surface area contributed by atoms with Gasteiger partial charge in [-0.25, -0.2) is 0 Å². The van der Waals surface area contributed by atoms with E-state index in [1.54, 1.807) is 31.4 Å². The molecule has 128 valence electrons. The first-order valence-corrected chi connectivity index (χ1v) is 7.42. The molecule has 0 bridgehead atoms. The summed E-state index contributed by atoms with van der Waals surface area (Å²) in [5.41, 5.74) is 11.8. The number of aromatic nitrogens is 3. The Hall–Kier alpha value is -2.94. The summed E-state index contributed by atoms with van der Waals surface area (Å²) >= 11 is 0. The molecule has 0 radical (unpaired) electrons. The zero-order valence-corrected chi connectivity index (χ0v) is 13.7. The number of nitrogens with two attached hydrogens (primary N) is 2. The molecule has 24 heavy (non-hydrogen) atoms. The molecule has 9 nitrogen and oxygen atoms in total. The highest BCUT2D eigenvalue weighted by Gasteiger charge is 2.12. The molecule has 0 aliphatic heterocycles. The van der Waals surface area contributed by atoms with Crippen LogP contribution in [0.2, 0.25) is 0 Å². The van der Waals surface area contributed by atoms with Crippen molar-refractivity contribution in [2.45, 2.75) is 13.5 Å². The molecule has 0 aliphatic rings. The molecule has 0 unspecified atom stereocenters. The molecule has 1 amide bonds. The number of benzene rings is 1. The van der Waals surface area contributed by atoms with E-state index in [0.29, 0.717) is 24.6 Å². The second kappa shape index (κ2) is 8.06. The van der Waals surface area contributed by atoms with Gasteiger partial charge >= 0.3 is 0 Å². The van der Waals surface area contributed by atoms with Gasteiger partial charge in [0, 0.05) is 5.69 Å². The molecule has 0 spiro atoms. The Morgan fingerprint density at radius 1 is 1.17 bits per heavy atom. The molecule has 1 aromatic heterocycles. The maximum absolute atomic E-state index is 12.2. The predicted octanol–water partition coefficient (Wildman–Crippen LogP) is 0.505. The van der Waals surface area contributed by atoms with Gasteiger partial charge in [0.2, 0.25) is 17.8 Å². The topological polar surface area (TPSA) is 132 Å². The van der Waals surface area contributed by atoms with Crippen LogP contribution in [0.15, 0.2) is 24.3 Å². The van der Waals surface area contributed by atoms with E-state index in [1.807, 2.05) is 11.8 Å². The minimum atomic E-state index is -0.142. The Labute approximate surface area is 140 Å². The third-order valence-electron chi connectivity index (χ3n) is 3.27. The third-order valence-corrected chi connectivity index (χ3v) is 3.27. The maximum Gasteiger partial charge on any atom is 0.238 e. The van der Waals surface area contributed by atoms with E-state index in [1.165, 1.54) is 0 Å². The van der Waals surface area contributed by atoms with Crippen LogP contribution in [0.1, 0.15) is 12.7 Å². The molecule has 9 heteroatoms. The van der Waals surface area contributed by atoms with E-state index in [2.05, 4.69) is 20.3 Å². The molecule has 1 aromatic carbocycles. The molecule has 0 saturated heterocycles. The van der Waals surface area contributed by atoms with Crippen molar-refractivity contribution in [1.82, 2.24) is 19.9 Å². The number of ether oxygens (including phenoxy) is 1. The van der Waals surface area contributed by atoms with Crippen molar-refractivity contribution >= 4 is 23.5 Å². The molecule has 2 aromatic rings. The Morgan fingerprint density at radius 2 is 1.79 bits per heavy atom. The lowest BCUT2D eigenvalue weighted by molar-refractivity contribution is -0.117. The number of methoxy groups -OCH3 is 1. The summed E-state index contributed by atoms with van der Waals surface area (Å²) in [6.07, 6.45) is 0. The quantitative estimate of drug-likeness (QED) is 0.668. The summed E-state index contributed by atoms with van der Waals surface area (Å²) in [5.74, 6) is 1.15. The van der Waals surface area contributed by atoms with Crippen molar-refractivity contribution in [3.63, 3.8) is 0 Å². The summed E-state index contributed by atoms with van der Waals surface area (Å²) in [6, 6.07) is 7.12. The number of likely N-dealkylation sites (N-methyl/N-ethyl adjacent to an activating group) is 1. The van der Waals surface area contributed by atoms with Crippen molar-refractivity contribution in [3.8, 4) is 5.75 Å². The molecule has 0 saturated carbocycles. The van der Waals surface area contributed by atoms with E-state index in [-0.39, 0.29) is 24.3 Å². The van der Waals surface area contributed by atoms with Gasteiger partial charge in [0.1, 0.15) is 11.6 Å². The summed E-state index contributed by atoms with van der Waals surface area (Å²) in [5, 5.41) is 2.83. The highest BCUT2D eigenvalue weighted by atomic mass is 16.5. The number of nitrogens with zero attached hydrogens (tertiary/aromatic N) is 4. The van der Waals surface area contributed by atoms with Crippen LogP contribution in [0.25, 0.3) is 0 Å². The zero-order chi connectivity index (χ0) is 17.5. The van der Waals surface area contributed by atoms with Crippen molar-refractivity contribution in [3.05, 3.63) is 30.1 Å². The first-order valence-electron chi connectivity index (χ1n) is 7.42. The second-order valence-corrected chi connectivity index (χ2v) is 5.05. The second-order valence-electron chi connectivity index (χ2n) is 5.05. The van der Waals surface area contributed by atoms with Crippen molar-refractivity contribution in [2.24, 2.45) is 0 Å². The lowest BCUT2D eigenvalue weighted by Crippen LogP contribution is -2.33. The van der Waals surface area contributed by atoms with Crippen LogP contribution in [-0.2, 0) is 11.3 Å². The Morgan fingerprint density at radius 3 is 2.33 bits per heavy atom. The van der Waals surface area contributed by atoms with Gasteiger partial charge in [-0.2, -0.15) is 15.0 Å². The summed E-state index contributed by atoms with van der Waals surface area (Å²) in [4.78, 5) is 25.8. The van der Waals surface area contributed by atoms with Crippen LogP contribution in [0.4, 0.5) is 17.6 Å². The first kappa shape index (κ1) is 17.4. The fourth-order valence-corrected chi connectivity index (χ4v) is 2.08. The minimum Gasteiger partial charge on any atom is -0.497 e. The van der Waals surface area contributed by atoms with Crippen LogP contribution in [-0.4, -0.2) is 46.0 Å². The maximum atomic E-state index is 12.2. The van der Waals surface area contributed by atoms with Crippen molar-refractivity contribution < 1.29 is 9.53 Å². The SMILES string of the molecule is CCN(CC(=O)Nc1ccc(OC)cc1)Cc1nc(N)nc(N)n1. The molecule has 1 heterocycles. The lowest BCUT2D eigenvalue weighted by Gasteiger charge is -2.19. The lowest BCUT2D eigenvalue weighted by atomic mass is 10.3. The van der Waals surface area contributed by atoms with Gasteiger partial charge in [-0.1, -0.05) is 6.92 Å². The number of carbonyl (C=O) groups excluding carboxylic acids is 1. The molecule has 0 aliphatic carbocycles. The number of nitrogens with one attached hydrogen (secondary N) is 1. The monoisotopic (exact) mass is 331 g/mol. The fourth-order valence-electron chi connectivity index (χ4n) is 2.08. The van der Waals surface area contributed by atoms with E-state index in [0.717, 1.165) is 5.75 Å². The van der Waals surface area contributed by atoms with Crippen LogP contribution < -0.4 is 21.5 Å². The smallest absolute Gasteiger partial charge is 0.238 e. The highest BCUT2D eigenvalue weighted by molar-refractivity contribution is 5.92. The Bertz CT molecular complexity index is 670.